The van der Waals surface area contributed by atoms with Crippen LogP contribution in [0.3, 0.4) is 0 Å². The van der Waals surface area contributed by atoms with Crippen LogP contribution < -0.4 is 15.2 Å². The number of nitrogens with zero attached hydrogens (tertiary/aromatic N) is 5. The molecular weight excluding hydrogens is 562 g/mol. The van der Waals surface area contributed by atoms with Gasteiger partial charge in [-0.25, -0.2) is 18.5 Å². The van der Waals surface area contributed by atoms with Crippen LogP contribution in [0.2, 0.25) is 0 Å². The lowest BCUT2D eigenvalue weighted by Crippen LogP contribution is -2.39. The molecule has 0 radical (unpaired) electrons. The Balaban J connectivity index is 1.30. The van der Waals surface area contributed by atoms with E-state index in [0.717, 1.165) is 65.9 Å². The summed E-state index contributed by atoms with van der Waals surface area (Å²) >= 11 is 0. The van der Waals surface area contributed by atoms with Crippen molar-refractivity contribution in [2.24, 2.45) is 5.14 Å². The van der Waals surface area contributed by atoms with E-state index in [1.165, 1.54) is 6.08 Å². The Hall–Kier alpha value is -4.63. The molecule has 0 amide bonds. The number of likely N-dealkylation sites (tertiary alicyclic amines) is 1. The van der Waals surface area contributed by atoms with Gasteiger partial charge in [-0.05, 0) is 97.0 Å². The monoisotopic (exact) mass is 595 g/mol. The molecule has 0 unspecified atom stereocenters. The molecule has 10 nitrogen and oxygen atoms in total. The molecule has 0 spiro atoms. The largest absolute Gasteiger partial charge is 0.438 e. The summed E-state index contributed by atoms with van der Waals surface area (Å²) in [5, 5.41) is 17.6. The number of sulfonamides is 1. The van der Waals surface area contributed by atoms with Crippen LogP contribution in [0.15, 0.2) is 78.1 Å². The summed E-state index contributed by atoms with van der Waals surface area (Å²) in [6, 6.07) is 16.7. The van der Waals surface area contributed by atoms with Gasteiger partial charge in [0, 0.05) is 50.3 Å². The van der Waals surface area contributed by atoms with Crippen LogP contribution in [0.4, 0.5) is 5.95 Å². The first-order valence-corrected chi connectivity index (χ1v) is 15.5. The number of rotatable bonds is 9. The van der Waals surface area contributed by atoms with Crippen molar-refractivity contribution in [3.05, 3.63) is 95.5 Å². The molecule has 4 aromatic rings. The zero-order chi connectivity index (χ0) is 30.4. The van der Waals surface area contributed by atoms with Crippen molar-refractivity contribution in [3.63, 3.8) is 0 Å². The van der Waals surface area contributed by atoms with E-state index in [1.807, 2.05) is 56.3 Å². The SMILES string of the molecule is Cc1cc(/C=C/C#N)cc(C)c1Oc1nc(NC2CCN(Cc3ccc(S(N)(=O)=O)cc3)CC2)ncc1-c1ccncc1. The highest BCUT2D eigenvalue weighted by Crippen LogP contribution is 2.35. The first-order chi connectivity index (χ1) is 20.7. The number of allylic oxidation sites excluding steroid dienone is 1. The molecule has 11 heteroatoms. The standard InChI is InChI=1S/C32H33N7O3S/c1-22-18-25(4-3-13-33)19-23(2)30(22)42-31-29(26-9-14-35-15-10-26)20-36-32(38-31)37-27-11-16-39(17-12-27)21-24-5-7-28(8-6-24)43(34,40)41/h3-10,14-15,18-20,27H,11-12,16-17,21H2,1-2H3,(H2,34,40,41)(H,36,37,38)/b4-3+. The molecule has 3 N–H and O–H groups in total. The van der Waals surface area contributed by atoms with Gasteiger partial charge >= 0.3 is 0 Å². The van der Waals surface area contributed by atoms with Crippen LogP contribution in [0.25, 0.3) is 17.2 Å². The zero-order valence-corrected chi connectivity index (χ0v) is 24.9. The molecule has 2 aromatic carbocycles. The van der Waals surface area contributed by atoms with E-state index in [2.05, 4.69) is 20.2 Å². The molecule has 43 heavy (non-hydrogen) atoms. The molecule has 0 saturated carbocycles. The molecule has 0 bridgehead atoms. The number of primary sulfonamides is 1. The topological polar surface area (TPSA) is 147 Å². The molecular formula is C32H33N7O3S. The van der Waals surface area contributed by atoms with Crippen LogP contribution in [-0.2, 0) is 16.6 Å². The Morgan fingerprint density at radius 3 is 2.40 bits per heavy atom. The number of benzene rings is 2. The summed E-state index contributed by atoms with van der Waals surface area (Å²) in [7, 11) is -3.70. The summed E-state index contributed by atoms with van der Waals surface area (Å²) in [5.41, 5.74) is 5.47. The maximum Gasteiger partial charge on any atom is 0.238 e. The lowest BCUT2D eigenvalue weighted by Gasteiger charge is -2.32. The van der Waals surface area contributed by atoms with E-state index in [-0.39, 0.29) is 10.9 Å². The molecule has 1 saturated heterocycles. The number of nitriles is 1. The highest BCUT2D eigenvalue weighted by molar-refractivity contribution is 7.89. The molecule has 0 atom stereocenters. The molecule has 1 aliphatic rings. The van der Waals surface area contributed by atoms with E-state index >= 15 is 0 Å². The van der Waals surface area contributed by atoms with Crippen molar-refractivity contribution in [2.75, 3.05) is 18.4 Å². The van der Waals surface area contributed by atoms with Crippen molar-refractivity contribution < 1.29 is 13.2 Å². The second-order valence-electron chi connectivity index (χ2n) is 10.6. The Kier molecular flexibility index (Phi) is 9.11. The minimum Gasteiger partial charge on any atom is -0.438 e. The lowest BCUT2D eigenvalue weighted by molar-refractivity contribution is 0.211. The predicted octanol–water partition coefficient (Wildman–Crippen LogP) is 5.21. The maximum absolute atomic E-state index is 11.5. The molecule has 1 aliphatic heterocycles. The highest BCUT2D eigenvalue weighted by Gasteiger charge is 2.22. The highest BCUT2D eigenvalue weighted by atomic mass is 32.2. The van der Waals surface area contributed by atoms with Gasteiger partial charge in [0.1, 0.15) is 5.75 Å². The number of ether oxygens (including phenoxy) is 1. The number of nitrogens with one attached hydrogen (secondary N) is 1. The Labute approximate surface area is 251 Å². The zero-order valence-electron chi connectivity index (χ0n) is 24.1. The van der Waals surface area contributed by atoms with E-state index in [0.29, 0.717) is 17.6 Å². The fourth-order valence-electron chi connectivity index (χ4n) is 5.17. The number of pyridine rings is 1. The summed E-state index contributed by atoms with van der Waals surface area (Å²) < 4.78 is 29.5. The van der Waals surface area contributed by atoms with Gasteiger partial charge in [0.15, 0.2) is 0 Å². The van der Waals surface area contributed by atoms with E-state index < -0.39 is 10.0 Å². The van der Waals surface area contributed by atoms with Gasteiger partial charge in [-0.1, -0.05) is 12.1 Å². The van der Waals surface area contributed by atoms with Crippen LogP contribution in [0.1, 0.15) is 35.1 Å². The van der Waals surface area contributed by atoms with E-state index in [1.54, 1.807) is 36.8 Å². The Morgan fingerprint density at radius 2 is 1.77 bits per heavy atom. The second kappa shape index (κ2) is 13.1. The van der Waals surface area contributed by atoms with E-state index in [9.17, 15) is 8.42 Å². The third-order valence-corrected chi connectivity index (χ3v) is 8.28. The van der Waals surface area contributed by atoms with Crippen molar-refractivity contribution in [1.29, 1.82) is 5.26 Å². The Bertz CT molecular complexity index is 1740. The number of aromatic nitrogens is 3. The number of hydrogen-bond donors (Lipinski definition) is 2. The quantitative estimate of drug-likeness (QED) is 0.249. The van der Waals surface area contributed by atoms with Gasteiger partial charge in [0.2, 0.25) is 21.9 Å². The van der Waals surface area contributed by atoms with Crippen LogP contribution in [0, 0.1) is 25.2 Å². The molecule has 5 rings (SSSR count). The number of nitrogens with two attached hydrogens (primary N) is 1. The van der Waals surface area contributed by atoms with Crippen molar-refractivity contribution >= 4 is 22.0 Å². The third kappa shape index (κ3) is 7.61. The van der Waals surface area contributed by atoms with Gasteiger partial charge < -0.3 is 10.1 Å². The van der Waals surface area contributed by atoms with Gasteiger partial charge in [0.05, 0.1) is 16.5 Å². The molecule has 1 fully saturated rings. The molecule has 3 heterocycles. The Morgan fingerprint density at radius 1 is 1.09 bits per heavy atom. The fourth-order valence-corrected chi connectivity index (χ4v) is 5.69. The third-order valence-electron chi connectivity index (χ3n) is 7.36. The molecule has 2 aromatic heterocycles. The first-order valence-electron chi connectivity index (χ1n) is 13.9. The second-order valence-corrected chi connectivity index (χ2v) is 12.1. The van der Waals surface area contributed by atoms with Gasteiger partial charge in [-0.15, -0.1) is 0 Å². The lowest BCUT2D eigenvalue weighted by atomic mass is 10.0. The fraction of sp³-hybridized carbons (Fsp3) is 0.250. The van der Waals surface area contributed by atoms with Crippen LogP contribution in [0.5, 0.6) is 11.6 Å². The molecule has 0 aliphatic carbocycles. The minimum absolute atomic E-state index is 0.118. The van der Waals surface area contributed by atoms with Crippen LogP contribution in [-0.4, -0.2) is 47.4 Å². The number of hydrogen-bond acceptors (Lipinski definition) is 9. The number of piperidine rings is 1. The summed E-state index contributed by atoms with van der Waals surface area (Å²) in [6.45, 7) is 6.42. The van der Waals surface area contributed by atoms with Gasteiger partial charge in [-0.3, -0.25) is 9.88 Å². The average molecular weight is 596 g/mol. The van der Waals surface area contributed by atoms with Gasteiger partial charge in [-0.2, -0.15) is 10.2 Å². The molecule has 220 valence electrons. The number of aryl methyl sites for hydroxylation is 2. The van der Waals surface area contributed by atoms with Crippen LogP contribution >= 0.6 is 0 Å². The smallest absolute Gasteiger partial charge is 0.238 e. The minimum atomic E-state index is -3.70. The number of anilines is 1. The average Bonchev–Trinajstić information content (AvgIpc) is 2.99. The maximum atomic E-state index is 11.5. The van der Waals surface area contributed by atoms with E-state index in [4.69, 9.17) is 20.1 Å². The summed E-state index contributed by atoms with van der Waals surface area (Å²) in [5.74, 6) is 1.64. The van der Waals surface area contributed by atoms with Crippen molar-refractivity contribution in [3.8, 4) is 28.8 Å². The van der Waals surface area contributed by atoms with Crippen molar-refractivity contribution in [2.45, 2.75) is 44.2 Å². The summed E-state index contributed by atoms with van der Waals surface area (Å²) in [6.07, 6.45) is 10.2. The predicted molar refractivity (Wildman–Crippen MR) is 166 cm³/mol. The normalized spacial score (nSPS) is 14.5. The first kappa shape index (κ1) is 29.8. The summed E-state index contributed by atoms with van der Waals surface area (Å²) in [4.78, 5) is 16.0. The van der Waals surface area contributed by atoms with Crippen molar-refractivity contribution in [1.82, 2.24) is 19.9 Å². The van der Waals surface area contributed by atoms with Gasteiger partial charge in [0.25, 0.3) is 0 Å².